The molecular formula is C63H37N5O. The minimum absolute atomic E-state index is 0.560. The molecule has 0 atom stereocenters. The van der Waals surface area contributed by atoms with Gasteiger partial charge < -0.3 is 13.6 Å². The summed E-state index contributed by atoms with van der Waals surface area (Å²) in [5.74, 6) is 1.74. The second-order valence-corrected chi connectivity index (χ2v) is 18.0. The number of aromatic nitrogens is 5. The van der Waals surface area contributed by atoms with Crippen molar-refractivity contribution in [2.45, 2.75) is 0 Å². The lowest BCUT2D eigenvalue weighted by Crippen LogP contribution is -2.02. The van der Waals surface area contributed by atoms with Crippen molar-refractivity contribution >= 4 is 97.9 Å². The molecule has 0 saturated carbocycles. The van der Waals surface area contributed by atoms with Crippen LogP contribution in [-0.2, 0) is 0 Å². The van der Waals surface area contributed by atoms with Gasteiger partial charge in [0.15, 0.2) is 17.5 Å². The average Bonchev–Trinajstić information content (AvgIpc) is 4.06. The number of furan rings is 1. The molecule has 6 nitrogen and oxygen atoms in total. The first kappa shape index (κ1) is 37.8. The third-order valence-electron chi connectivity index (χ3n) is 14.1. The number of benzene rings is 11. The number of para-hydroxylation sites is 3. The SMILES string of the molecule is c1ccc(-n2c3ccccc3c3cc(-c4nc(-c5cccc6ccccc56)nc(-c5cc(-n6c7cc8ccccc8cc7c7cc8ccccc8cc76)cc6oc7ccccc7c56)n4)ccc32)cc1. The van der Waals surface area contributed by atoms with Crippen LogP contribution in [0.15, 0.2) is 229 Å². The van der Waals surface area contributed by atoms with Crippen molar-refractivity contribution in [3.8, 4) is 45.5 Å². The standard InChI is InChI=1S/C63H37N5O/c1-2-21-44(22-3-1)67-54-27-12-10-24-47(54)50-33-43(29-30-55(50)67)61-64-62(48-26-14-20-38-15-8-9-23-46(38)48)66-63(65-61)53-36-45(37-59-60(53)49-25-11-13-28-58(49)69-59)68-56-34-41-18-6-4-16-39(41)31-51(56)52-32-40-17-5-7-19-42(40)35-57(52)68/h1-37H. The Morgan fingerprint density at radius 3 is 1.57 bits per heavy atom. The lowest BCUT2D eigenvalue weighted by atomic mass is 10.0. The zero-order valence-corrected chi connectivity index (χ0v) is 37.0. The van der Waals surface area contributed by atoms with E-state index in [0.717, 1.165) is 93.6 Å². The van der Waals surface area contributed by atoms with Gasteiger partial charge in [0.25, 0.3) is 0 Å². The Kier molecular flexibility index (Phi) is 7.97. The zero-order chi connectivity index (χ0) is 45.2. The molecule has 0 bridgehead atoms. The maximum absolute atomic E-state index is 6.85. The van der Waals surface area contributed by atoms with Gasteiger partial charge in [0.1, 0.15) is 11.2 Å². The first-order valence-electron chi connectivity index (χ1n) is 23.3. The third-order valence-corrected chi connectivity index (χ3v) is 14.1. The Balaban J connectivity index is 1.04. The number of nitrogens with zero attached hydrogens (tertiary/aromatic N) is 5. The first-order chi connectivity index (χ1) is 34.2. The Hall–Kier alpha value is -9.39. The van der Waals surface area contributed by atoms with E-state index in [0.29, 0.717) is 17.5 Å². The van der Waals surface area contributed by atoms with Gasteiger partial charge in [0, 0.05) is 60.8 Å². The highest BCUT2D eigenvalue weighted by Gasteiger charge is 2.23. The zero-order valence-electron chi connectivity index (χ0n) is 37.0. The van der Waals surface area contributed by atoms with E-state index in [1.165, 1.54) is 32.3 Å². The highest BCUT2D eigenvalue weighted by atomic mass is 16.3. The topological polar surface area (TPSA) is 61.7 Å². The van der Waals surface area contributed by atoms with Gasteiger partial charge in [-0.2, -0.15) is 0 Å². The Bertz CT molecular complexity index is 4520. The largest absolute Gasteiger partial charge is 0.456 e. The van der Waals surface area contributed by atoms with Crippen LogP contribution in [0.5, 0.6) is 0 Å². The molecule has 69 heavy (non-hydrogen) atoms. The van der Waals surface area contributed by atoms with Crippen LogP contribution in [0.2, 0.25) is 0 Å². The normalized spacial score (nSPS) is 12.1. The van der Waals surface area contributed by atoms with Gasteiger partial charge in [0.05, 0.1) is 27.8 Å². The molecule has 0 unspecified atom stereocenters. The Labute approximate surface area is 394 Å². The van der Waals surface area contributed by atoms with Crippen LogP contribution in [0.4, 0.5) is 0 Å². The molecule has 0 saturated heterocycles. The summed E-state index contributed by atoms with van der Waals surface area (Å²) in [7, 11) is 0. The molecule has 4 aromatic heterocycles. The van der Waals surface area contributed by atoms with Gasteiger partial charge in [0.2, 0.25) is 0 Å². The molecule has 11 aromatic carbocycles. The van der Waals surface area contributed by atoms with Crippen molar-refractivity contribution in [1.29, 1.82) is 0 Å². The molecule has 0 aliphatic rings. The van der Waals surface area contributed by atoms with Gasteiger partial charge in [-0.1, -0.05) is 146 Å². The van der Waals surface area contributed by atoms with Gasteiger partial charge in [-0.25, -0.2) is 15.0 Å². The fourth-order valence-electron chi connectivity index (χ4n) is 10.9. The van der Waals surface area contributed by atoms with E-state index in [4.69, 9.17) is 19.4 Å². The summed E-state index contributed by atoms with van der Waals surface area (Å²) >= 11 is 0. The fourth-order valence-corrected chi connectivity index (χ4v) is 10.9. The van der Waals surface area contributed by atoms with E-state index in [1.54, 1.807) is 0 Å². The van der Waals surface area contributed by atoms with Crippen LogP contribution in [0.3, 0.4) is 0 Å². The van der Waals surface area contributed by atoms with Gasteiger partial charge in [-0.05, 0) is 105 Å². The summed E-state index contributed by atoms with van der Waals surface area (Å²) in [5.41, 5.74) is 10.8. The predicted octanol–water partition coefficient (Wildman–Crippen LogP) is 16.4. The summed E-state index contributed by atoms with van der Waals surface area (Å²) in [6.45, 7) is 0. The van der Waals surface area contributed by atoms with Crippen LogP contribution in [0, 0.1) is 0 Å². The number of hydrogen-bond acceptors (Lipinski definition) is 4. The molecule has 0 amide bonds. The van der Waals surface area contributed by atoms with Crippen molar-refractivity contribution in [2.24, 2.45) is 0 Å². The highest BCUT2D eigenvalue weighted by molar-refractivity contribution is 6.18. The summed E-state index contributed by atoms with van der Waals surface area (Å²) < 4.78 is 11.6. The van der Waals surface area contributed by atoms with Gasteiger partial charge in [-0.15, -0.1) is 0 Å². The van der Waals surface area contributed by atoms with Crippen LogP contribution in [-0.4, -0.2) is 24.1 Å². The molecular weight excluding hydrogens is 843 g/mol. The molecule has 4 heterocycles. The summed E-state index contributed by atoms with van der Waals surface area (Å²) in [4.78, 5) is 16.4. The summed E-state index contributed by atoms with van der Waals surface area (Å²) in [6, 6.07) is 79.8. The lowest BCUT2D eigenvalue weighted by molar-refractivity contribution is 0.668. The monoisotopic (exact) mass is 879 g/mol. The van der Waals surface area contributed by atoms with Crippen molar-refractivity contribution in [3.05, 3.63) is 224 Å². The summed E-state index contributed by atoms with van der Waals surface area (Å²) in [6.07, 6.45) is 0. The maximum Gasteiger partial charge on any atom is 0.164 e. The second kappa shape index (κ2) is 14.6. The molecule has 0 aliphatic heterocycles. The second-order valence-electron chi connectivity index (χ2n) is 18.0. The van der Waals surface area contributed by atoms with Crippen molar-refractivity contribution < 1.29 is 4.42 Å². The van der Waals surface area contributed by atoms with Crippen molar-refractivity contribution in [1.82, 2.24) is 24.1 Å². The molecule has 0 N–H and O–H groups in total. The molecule has 0 radical (unpaired) electrons. The molecule has 6 heteroatoms. The predicted molar refractivity (Wildman–Crippen MR) is 285 cm³/mol. The smallest absolute Gasteiger partial charge is 0.164 e. The Morgan fingerprint density at radius 1 is 0.290 bits per heavy atom. The minimum Gasteiger partial charge on any atom is -0.456 e. The maximum atomic E-state index is 6.85. The highest BCUT2D eigenvalue weighted by Crippen LogP contribution is 2.43. The quantitative estimate of drug-likeness (QED) is 0.173. The van der Waals surface area contributed by atoms with E-state index in [1.807, 2.05) is 12.1 Å². The van der Waals surface area contributed by atoms with Crippen LogP contribution in [0.1, 0.15) is 0 Å². The first-order valence-corrected chi connectivity index (χ1v) is 23.3. The molecule has 15 rings (SSSR count). The lowest BCUT2D eigenvalue weighted by Gasteiger charge is -2.14. The van der Waals surface area contributed by atoms with E-state index in [-0.39, 0.29) is 0 Å². The molecule has 320 valence electrons. The van der Waals surface area contributed by atoms with Crippen LogP contribution in [0.25, 0.3) is 143 Å². The molecule has 0 fully saturated rings. The third kappa shape index (κ3) is 5.76. The van der Waals surface area contributed by atoms with Gasteiger partial charge >= 0.3 is 0 Å². The van der Waals surface area contributed by atoms with E-state index in [9.17, 15) is 0 Å². The van der Waals surface area contributed by atoms with E-state index in [2.05, 4.69) is 221 Å². The van der Waals surface area contributed by atoms with Gasteiger partial charge in [-0.3, -0.25) is 0 Å². The molecule has 0 spiro atoms. The summed E-state index contributed by atoms with van der Waals surface area (Å²) in [5, 5.41) is 13.5. The molecule has 0 aliphatic carbocycles. The van der Waals surface area contributed by atoms with E-state index < -0.39 is 0 Å². The van der Waals surface area contributed by atoms with Crippen LogP contribution >= 0.6 is 0 Å². The number of hydrogen-bond donors (Lipinski definition) is 0. The fraction of sp³-hybridized carbons (Fsp3) is 0. The molecule has 15 aromatic rings. The number of rotatable bonds is 5. The van der Waals surface area contributed by atoms with E-state index >= 15 is 0 Å². The average molecular weight is 880 g/mol. The van der Waals surface area contributed by atoms with Crippen molar-refractivity contribution in [3.63, 3.8) is 0 Å². The Morgan fingerprint density at radius 2 is 0.826 bits per heavy atom. The number of fused-ring (bicyclic) bond motifs is 12. The van der Waals surface area contributed by atoms with Crippen LogP contribution < -0.4 is 0 Å². The van der Waals surface area contributed by atoms with Crippen molar-refractivity contribution in [2.75, 3.05) is 0 Å². The minimum atomic E-state index is 0.560.